The Hall–Kier alpha value is -0.390. The molecule has 0 aliphatic rings. The molecule has 0 bridgehead atoms. The zero-order valence-electron chi connectivity index (χ0n) is 9.95. The minimum atomic E-state index is 0.0641. The number of carbonyl (C=O) groups is 1. The molecule has 0 saturated carbocycles. The first-order valence-corrected chi connectivity index (χ1v) is 7.63. The Balaban J connectivity index is 2.16. The van der Waals surface area contributed by atoms with E-state index in [1.165, 1.54) is 4.88 Å². The fourth-order valence-corrected chi connectivity index (χ4v) is 2.60. The van der Waals surface area contributed by atoms with Crippen LogP contribution in [0.2, 0.25) is 0 Å². The van der Waals surface area contributed by atoms with Crippen LogP contribution in [0, 0.1) is 0 Å². The van der Waals surface area contributed by atoms with Crippen LogP contribution in [0.25, 0.3) is 0 Å². The quantitative estimate of drug-likeness (QED) is 0.748. The molecule has 1 rings (SSSR count). The summed E-state index contributed by atoms with van der Waals surface area (Å²) < 4.78 is 5.02. The van der Waals surface area contributed by atoms with Crippen molar-refractivity contribution in [2.45, 2.75) is 25.3 Å². The maximum absolute atomic E-state index is 11.6. The van der Waals surface area contributed by atoms with Crippen LogP contribution in [-0.4, -0.2) is 31.0 Å². The van der Waals surface area contributed by atoms with Crippen molar-refractivity contribution in [2.24, 2.45) is 0 Å². The van der Waals surface area contributed by atoms with Crippen LogP contribution in [0.4, 0.5) is 0 Å². The number of amides is 1. The minimum Gasteiger partial charge on any atom is -0.383 e. The average Bonchev–Trinajstić information content (AvgIpc) is 2.81. The lowest BCUT2D eigenvalue weighted by Gasteiger charge is -2.14. The molecular formula is C12H18BrNO2S. The smallest absolute Gasteiger partial charge is 0.220 e. The normalized spacial score (nSPS) is 12.4. The van der Waals surface area contributed by atoms with Gasteiger partial charge in [-0.05, 0) is 24.3 Å². The molecule has 1 atom stereocenters. The predicted molar refractivity (Wildman–Crippen MR) is 74.9 cm³/mol. The molecule has 0 aliphatic carbocycles. The van der Waals surface area contributed by atoms with Gasteiger partial charge in [-0.2, -0.15) is 0 Å². The van der Waals surface area contributed by atoms with Crippen LogP contribution < -0.4 is 5.32 Å². The van der Waals surface area contributed by atoms with Crippen LogP contribution >= 0.6 is 27.3 Å². The van der Waals surface area contributed by atoms with Gasteiger partial charge in [-0.25, -0.2) is 0 Å². The highest BCUT2D eigenvalue weighted by Crippen LogP contribution is 2.11. The van der Waals surface area contributed by atoms with Crippen molar-refractivity contribution in [3.8, 4) is 0 Å². The number of alkyl halides is 1. The van der Waals surface area contributed by atoms with E-state index in [1.54, 1.807) is 18.4 Å². The van der Waals surface area contributed by atoms with E-state index in [4.69, 9.17) is 4.74 Å². The van der Waals surface area contributed by atoms with Gasteiger partial charge in [0.05, 0.1) is 12.6 Å². The van der Waals surface area contributed by atoms with E-state index < -0.39 is 0 Å². The van der Waals surface area contributed by atoms with Crippen LogP contribution in [0.15, 0.2) is 17.5 Å². The van der Waals surface area contributed by atoms with Crippen molar-refractivity contribution in [2.75, 3.05) is 19.0 Å². The number of ether oxygens (including phenoxy) is 1. The SMILES string of the molecule is COCC(CBr)NC(=O)CCCc1cccs1. The highest BCUT2D eigenvalue weighted by Gasteiger charge is 2.10. The number of aryl methyl sites for hydroxylation is 1. The number of rotatable bonds is 8. The zero-order chi connectivity index (χ0) is 12.5. The largest absolute Gasteiger partial charge is 0.383 e. The molecule has 0 radical (unpaired) electrons. The second kappa shape index (κ2) is 8.66. The summed E-state index contributed by atoms with van der Waals surface area (Å²) in [7, 11) is 1.64. The van der Waals surface area contributed by atoms with Crippen molar-refractivity contribution in [3.63, 3.8) is 0 Å². The summed E-state index contributed by atoms with van der Waals surface area (Å²) >= 11 is 5.09. The first-order valence-electron chi connectivity index (χ1n) is 5.63. The number of hydrogen-bond donors (Lipinski definition) is 1. The van der Waals surface area contributed by atoms with Crippen molar-refractivity contribution in [1.29, 1.82) is 0 Å². The molecule has 0 spiro atoms. The van der Waals surface area contributed by atoms with Crippen LogP contribution in [-0.2, 0) is 16.0 Å². The molecule has 5 heteroatoms. The van der Waals surface area contributed by atoms with E-state index in [2.05, 4.69) is 32.7 Å². The second-order valence-electron chi connectivity index (χ2n) is 3.81. The van der Waals surface area contributed by atoms with E-state index in [-0.39, 0.29) is 11.9 Å². The first kappa shape index (κ1) is 14.7. The summed E-state index contributed by atoms with van der Waals surface area (Å²) in [5, 5.41) is 5.72. The molecule has 3 nitrogen and oxygen atoms in total. The number of hydrogen-bond acceptors (Lipinski definition) is 3. The molecule has 1 aromatic heterocycles. The third-order valence-electron chi connectivity index (χ3n) is 2.33. The van der Waals surface area contributed by atoms with E-state index in [0.717, 1.165) is 18.2 Å². The lowest BCUT2D eigenvalue weighted by atomic mass is 10.2. The lowest BCUT2D eigenvalue weighted by molar-refractivity contribution is -0.122. The van der Waals surface area contributed by atoms with Crippen molar-refractivity contribution >= 4 is 33.2 Å². The molecule has 1 heterocycles. The molecule has 1 N–H and O–H groups in total. The Kier molecular flexibility index (Phi) is 7.48. The van der Waals surface area contributed by atoms with E-state index in [9.17, 15) is 4.79 Å². The molecule has 1 unspecified atom stereocenters. The van der Waals surface area contributed by atoms with Gasteiger partial charge in [-0.1, -0.05) is 22.0 Å². The molecule has 0 aromatic carbocycles. The highest BCUT2D eigenvalue weighted by atomic mass is 79.9. The van der Waals surface area contributed by atoms with E-state index >= 15 is 0 Å². The highest BCUT2D eigenvalue weighted by molar-refractivity contribution is 9.09. The van der Waals surface area contributed by atoms with Gasteiger partial charge >= 0.3 is 0 Å². The van der Waals surface area contributed by atoms with Gasteiger partial charge in [0.25, 0.3) is 0 Å². The molecule has 1 amide bonds. The minimum absolute atomic E-state index is 0.0641. The van der Waals surface area contributed by atoms with Gasteiger partial charge in [-0.15, -0.1) is 11.3 Å². The molecule has 0 fully saturated rings. The van der Waals surface area contributed by atoms with Gasteiger partial charge in [0.15, 0.2) is 0 Å². The fraction of sp³-hybridized carbons (Fsp3) is 0.583. The number of thiophene rings is 1. The Morgan fingerprint density at radius 3 is 3.06 bits per heavy atom. The molecular weight excluding hydrogens is 302 g/mol. The number of carbonyl (C=O) groups excluding carboxylic acids is 1. The lowest BCUT2D eigenvalue weighted by Crippen LogP contribution is -2.39. The third kappa shape index (κ3) is 6.19. The van der Waals surface area contributed by atoms with Crippen molar-refractivity contribution in [3.05, 3.63) is 22.4 Å². The molecule has 0 aliphatic heterocycles. The second-order valence-corrected chi connectivity index (χ2v) is 5.49. The molecule has 0 saturated heterocycles. The summed E-state index contributed by atoms with van der Waals surface area (Å²) in [6.45, 7) is 0.544. The Morgan fingerprint density at radius 1 is 1.65 bits per heavy atom. The van der Waals surface area contributed by atoms with Crippen LogP contribution in [0.3, 0.4) is 0 Å². The summed E-state index contributed by atoms with van der Waals surface area (Å²) in [6, 6.07) is 4.21. The Labute approximate surface area is 115 Å². The predicted octanol–water partition coefficient (Wildman–Crippen LogP) is 2.60. The number of halogens is 1. The molecule has 17 heavy (non-hydrogen) atoms. The maximum Gasteiger partial charge on any atom is 0.220 e. The monoisotopic (exact) mass is 319 g/mol. The van der Waals surface area contributed by atoms with Gasteiger partial charge in [0.2, 0.25) is 5.91 Å². The van der Waals surface area contributed by atoms with Crippen LogP contribution in [0.1, 0.15) is 17.7 Å². The van der Waals surface area contributed by atoms with Gasteiger partial charge in [0.1, 0.15) is 0 Å². The summed E-state index contributed by atoms with van der Waals surface area (Å²) in [5.74, 6) is 0.100. The molecule has 96 valence electrons. The van der Waals surface area contributed by atoms with E-state index in [0.29, 0.717) is 13.0 Å². The molecule has 1 aromatic rings. The van der Waals surface area contributed by atoms with Gasteiger partial charge in [0, 0.05) is 23.7 Å². The zero-order valence-corrected chi connectivity index (χ0v) is 12.4. The number of nitrogens with one attached hydrogen (secondary N) is 1. The summed E-state index contributed by atoms with van der Waals surface area (Å²) in [4.78, 5) is 13.0. The summed E-state index contributed by atoms with van der Waals surface area (Å²) in [6.07, 6.45) is 2.45. The van der Waals surface area contributed by atoms with Crippen LogP contribution in [0.5, 0.6) is 0 Å². The Morgan fingerprint density at radius 2 is 2.47 bits per heavy atom. The van der Waals surface area contributed by atoms with Crippen molar-refractivity contribution in [1.82, 2.24) is 5.32 Å². The first-order chi connectivity index (χ1) is 8.26. The summed E-state index contributed by atoms with van der Waals surface area (Å²) in [5.41, 5.74) is 0. The third-order valence-corrected chi connectivity index (χ3v) is 4.04. The average molecular weight is 320 g/mol. The van der Waals surface area contributed by atoms with Gasteiger partial charge in [-0.3, -0.25) is 4.79 Å². The Bertz CT molecular complexity index is 316. The fourth-order valence-electron chi connectivity index (χ4n) is 1.50. The topological polar surface area (TPSA) is 38.3 Å². The van der Waals surface area contributed by atoms with E-state index in [1.807, 2.05) is 6.07 Å². The standard InChI is InChI=1S/C12H18BrNO2S/c1-16-9-10(8-13)14-12(15)6-2-4-11-5-3-7-17-11/h3,5,7,10H,2,4,6,8-9H2,1H3,(H,14,15). The maximum atomic E-state index is 11.6. The van der Waals surface area contributed by atoms with Gasteiger partial charge < -0.3 is 10.1 Å². The van der Waals surface area contributed by atoms with Crippen molar-refractivity contribution < 1.29 is 9.53 Å². The number of methoxy groups -OCH3 is 1.